The van der Waals surface area contributed by atoms with Crippen LogP contribution in [0.3, 0.4) is 0 Å². The van der Waals surface area contributed by atoms with Gasteiger partial charge in [-0.1, -0.05) is 0 Å². The molecular formula is C24H26N6O3. The lowest BCUT2D eigenvalue weighted by molar-refractivity contribution is -0.140. The molecule has 4 rings (SSSR count). The number of fused-ring (bicyclic) bond motifs is 1. The predicted octanol–water partition coefficient (Wildman–Crippen LogP) is 2.65. The molecule has 0 aromatic rings. The Balaban J connectivity index is 1.53. The molecule has 0 spiro atoms. The summed E-state index contributed by atoms with van der Waals surface area (Å²) in [7, 11) is 0. The molecule has 0 radical (unpaired) electrons. The van der Waals surface area contributed by atoms with Crippen molar-refractivity contribution in [3.05, 3.63) is 42.1 Å². The van der Waals surface area contributed by atoms with Gasteiger partial charge in [0.05, 0.1) is 19.1 Å². The summed E-state index contributed by atoms with van der Waals surface area (Å²) in [5.41, 5.74) is 2.27. The van der Waals surface area contributed by atoms with E-state index in [9.17, 15) is 20.1 Å². The van der Waals surface area contributed by atoms with Crippen LogP contribution < -0.4 is 10.6 Å². The standard InChI is InChI=1S/C24H26N6O3/c25-13-18(14-26)23(27-20-7-6-17-16-33-12-8-19(17)20)28-21-5-1-2-11-30(24(21)32)15-22(31)29-9-3-4-10-29/h6-8,12,16,21,27-28H,1-5,9-11,15H2/t21-/m0/s1. The second kappa shape index (κ2) is 10.1. The van der Waals surface area contributed by atoms with Gasteiger partial charge in [-0.25, -0.2) is 0 Å². The number of amides is 2. The van der Waals surface area contributed by atoms with Gasteiger partial charge in [0.1, 0.15) is 24.0 Å². The Hall–Kier alpha value is -3.98. The number of carbonyl (C=O) groups is 2. The fraction of sp³-hybridized carbons (Fsp3) is 0.417. The zero-order chi connectivity index (χ0) is 23.2. The third kappa shape index (κ3) is 4.93. The van der Waals surface area contributed by atoms with Crippen molar-refractivity contribution in [3.63, 3.8) is 0 Å². The van der Waals surface area contributed by atoms with Crippen molar-refractivity contribution in [2.75, 3.05) is 31.5 Å². The zero-order valence-electron chi connectivity index (χ0n) is 18.3. The largest absolute Gasteiger partial charge is 0.472 e. The van der Waals surface area contributed by atoms with Crippen LogP contribution in [0.4, 0.5) is 5.69 Å². The molecule has 2 saturated heterocycles. The SMILES string of the molecule is N#CC(C#N)=C(Nc1ccc2coccc1-2)N[C@H]1CCCCN(CC(=O)N2CCCC2)C1=O. The Morgan fingerprint density at radius 1 is 1.09 bits per heavy atom. The van der Waals surface area contributed by atoms with E-state index >= 15 is 0 Å². The van der Waals surface area contributed by atoms with Gasteiger partial charge in [0, 0.05) is 36.4 Å². The van der Waals surface area contributed by atoms with Gasteiger partial charge in [-0.15, -0.1) is 0 Å². The van der Waals surface area contributed by atoms with Crippen LogP contribution >= 0.6 is 0 Å². The third-order valence-electron chi connectivity index (χ3n) is 6.16. The first-order valence-corrected chi connectivity index (χ1v) is 11.2. The van der Waals surface area contributed by atoms with Crippen LogP contribution in [-0.2, 0) is 9.59 Å². The molecule has 4 aliphatic rings. The summed E-state index contributed by atoms with van der Waals surface area (Å²) in [6.07, 6.45) is 7.28. The van der Waals surface area contributed by atoms with Crippen molar-refractivity contribution in [2.45, 2.75) is 38.1 Å². The normalized spacial score (nSPS) is 18.4. The number of likely N-dealkylation sites (tertiary alicyclic amines) is 2. The predicted molar refractivity (Wildman–Crippen MR) is 120 cm³/mol. The molecule has 2 amide bonds. The van der Waals surface area contributed by atoms with E-state index in [0.29, 0.717) is 18.7 Å². The van der Waals surface area contributed by atoms with Crippen LogP contribution in [0.25, 0.3) is 11.1 Å². The zero-order valence-corrected chi connectivity index (χ0v) is 18.3. The van der Waals surface area contributed by atoms with Crippen molar-refractivity contribution in [1.82, 2.24) is 15.1 Å². The quantitative estimate of drug-likeness (QED) is 0.654. The highest BCUT2D eigenvalue weighted by atomic mass is 16.3. The van der Waals surface area contributed by atoms with Gasteiger partial charge in [-0.05, 0) is 50.3 Å². The first kappa shape index (κ1) is 22.2. The van der Waals surface area contributed by atoms with Crippen molar-refractivity contribution in [2.24, 2.45) is 0 Å². The minimum Gasteiger partial charge on any atom is -0.472 e. The minimum atomic E-state index is -0.644. The Morgan fingerprint density at radius 3 is 2.61 bits per heavy atom. The van der Waals surface area contributed by atoms with Crippen LogP contribution in [0.15, 0.2) is 46.5 Å². The molecule has 0 bridgehead atoms. The number of carbonyl (C=O) groups excluding carboxylic acids is 2. The van der Waals surface area contributed by atoms with Crippen LogP contribution in [0.2, 0.25) is 0 Å². The minimum absolute atomic E-state index is 0.0289. The lowest BCUT2D eigenvalue weighted by Crippen LogP contribution is -2.49. The van der Waals surface area contributed by atoms with E-state index in [2.05, 4.69) is 10.6 Å². The molecule has 2 N–H and O–H groups in total. The summed E-state index contributed by atoms with van der Waals surface area (Å²) in [4.78, 5) is 29.4. The number of hydrogen-bond donors (Lipinski definition) is 2. The fourth-order valence-electron chi connectivity index (χ4n) is 4.37. The molecule has 0 unspecified atom stereocenters. The number of anilines is 1. The molecule has 9 heteroatoms. The highest BCUT2D eigenvalue weighted by molar-refractivity contribution is 5.88. The highest BCUT2D eigenvalue weighted by Gasteiger charge is 2.31. The lowest BCUT2D eigenvalue weighted by atomic mass is 10.1. The van der Waals surface area contributed by atoms with Crippen molar-refractivity contribution >= 4 is 17.5 Å². The Labute approximate surface area is 192 Å². The first-order chi connectivity index (χ1) is 16.1. The van der Waals surface area contributed by atoms with Crippen LogP contribution in [0.5, 0.6) is 0 Å². The Kier molecular flexibility index (Phi) is 6.80. The van der Waals surface area contributed by atoms with Crippen LogP contribution in [0.1, 0.15) is 32.1 Å². The fourth-order valence-corrected chi connectivity index (χ4v) is 4.37. The van der Waals surface area contributed by atoms with E-state index < -0.39 is 6.04 Å². The molecule has 3 aliphatic heterocycles. The van der Waals surface area contributed by atoms with Crippen molar-refractivity contribution in [1.29, 1.82) is 10.5 Å². The van der Waals surface area contributed by atoms with Gasteiger partial charge in [-0.3, -0.25) is 9.59 Å². The molecule has 1 aliphatic carbocycles. The number of nitrogens with zero attached hydrogens (tertiary/aromatic N) is 4. The molecule has 0 aromatic heterocycles. The van der Waals surface area contributed by atoms with Crippen LogP contribution in [0, 0.1) is 22.7 Å². The van der Waals surface area contributed by atoms with E-state index in [-0.39, 0.29) is 29.8 Å². The molecule has 0 aromatic carbocycles. The van der Waals surface area contributed by atoms with Crippen molar-refractivity contribution < 1.29 is 14.0 Å². The second-order valence-corrected chi connectivity index (χ2v) is 8.31. The topological polar surface area (TPSA) is 125 Å². The Morgan fingerprint density at radius 2 is 1.85 bits per heavy atom. The summed E-state index contributed by atoms with van der Waals surface area (Å²) in [6, 6.07) is 8.63. The van der Waals surface area contributed by atoms with Gasteiger partial charge in [-0.2, -0.15) is 10.5 Å². The van der Waals surface area contributed by atoms with E-state index in [0.717, 1.165) is 49.9 Å². The first-order valence-electron chi connectivity index (χ1n) is 11.2. The number of hydrogen-bond acceptors (Lipinski definition) is 7. The highest BCUT2D eigenvalue weighted by Crippen LogP contribution is 2.32. The lowest BCUT2D eigenvalue weighted by Gasteiger charge is -2.27. The summed E-state index contributed by atoms with van der Waals surface area (Å²) in [5.74, 6) is -0.0427. The molecule has 2 fully saturated rings. The van der Waals surface area contributed by atoms with E-state index in [1.54, 1.807) is 23.5 Å². The molecule has 33 heavy (non-hydrogen) atoms. The summed E-state index contributed by atoms with van der Waals surface area (Å²) >= 11 is 0. The molecule has 3 heterocycles. The molecule has 0 saturated carbocycles. The average molecular weight is 447 g/mol. The average Bonchev–Trinajstić information content (AvgIpc) is 3.48. The smallest absolute Gasteiger partial charge is 0.245 e. The van der Waals surface area contributed by atoms with Gasteiger partial charge >= 0.3 is 0 Å². The van der Waals surface area contributed by atoms with E-state index in [4.69, 9.17) is 4.42 Å². The summed E-state index contributed by atoms with van der Waals surface area (Å²) in [5, 5.41) is 25.3. The molecular weight excluding hydrogens is 420 g/mol. The molecule has 170 valence electrons. The van der Waals surface area contributed by atoms with Gasteiger partial charge in [0.2, 0.25) is 11.8 Å². The number of rotatable bonds is 6. The van der Waals surface area contributed by atoms with Gasteiger partial charge < -0.3 is 24.9 Å². The second-order valence-electron chi connectivity index (χ2n) is 8.31. The summed E-state index contributed by atoms with van der Waals surface area (Å²) in [6.45, 7) is 2.06. The monoisotopic (exact) mass is 446 g/mol. The number of allylic oxidation sites excluding steroid dienone is 1. The molecule has 1 atom stereocenters. The number of nitrogens with one attached hydrogen (secondary N) is 2. The summed E-state index contributed by atoms with van der Waals surface area (Å²) < 4.78 is 5.19. The van der Waals surface area contributed by atoms with Gasteiger partial charge in [0.15, 0.2) is 5.57 Å². The third-order valence-corrected chi connectivity index (χ3v) is 6.16. The maximum absolute atomic E-state index is 13.3. The van der Waals surface area contributed by atoms with E-state index in [1.165, 1.54) is 0 Å². The van der Waals surface area contributed by atoms with Crippen molar-refractivity contribution in [3.8, 4) is 23.3 Å². The molecule has 9 nitrogen and oxygen atoms in total. The van der Waals surface area contributed by atoms with Gasteiger partial charge in [0.25, 0.3) is 0 Å². The number of nitriles is 2. The Bertz CT molecular complexity index is 1090. The van der Waals surface area contributed by atoms with Crippen LogP contribution in [-0.4, -0.2) is 53.8 Å². The maximum Gasteiger partial charge on any atom is 0.245 e. The maximum atomic E-state index is 13.3. The van der Waals surface area contributed by atoms with E-state index in [1.807, 2.05) is 29.2 Å².